The van der Waals surface area contributed by atoms with Gasteiger partial charge in [0, 0.05) is 45.4 Å². The first kappa shape index (κ1) is 27.9. The highest BCUT2D eigenvalue weighted by molar-refractivity contribution is 6.21. The SMILES string of the molecule is CC1(C)c2ccccc2-c2ccc(-n3c4ccccc4c4cnc5c6ncccc6n(-c6ccc7c(c6)C(C)(C)c6ccccc6-7)c5c43)cc21. The normalized spacial score (nSPS) is 15.1. The first-order chi connectivity index (χ1) is 24.3. The van der Waals surface area contributed by atoms with E-state index in [-0.39, 0.29) is 10.8 Å². The Morgan fingerprint density at radius 1 is 0.440 bits per heavy atom. The zero-order chi connectivity index (χ0) is 33.5. The molecule has 0 saturated heterocycles. The zero-order valence-corrected chi connectivity index (χ0v) is 28.5. The van der Waals surface area contributed by atoms with Gasteiger partial charge >= 0.3 is 0 Å². The van der Waals surface area contributed by atoms with Crippen LogP contribution in [-0.2, 0) is 10.8 Å². The average molecular weight is 643 g/mol. The van der Waals surface area contributed by atoms with Crippen molar-refractivity contribution in [1.82, 2.24) is 19.1 Å². The third-order valence-corrected chi connectivity index (χ3v) is 11.8. The molecule has 238 valence electrons. The minimum atomic E-state index is -0.115. The van der Waals surface area contributed by atoms with Crippen molar-refractivity contribution in [3.05, 3.63) is 156 Å². The largest absolute Gasteiger partial charge is 0.307 e. The van der Waals surface area contributed by atoms with E-state index in [1.165, 1.54) is 55.4 Å². The van der Waals surface area contributed by atoms with E-state index in [1.54, 1.807) is 0 Å². The third kappa shape index (κ3) is 3.36. The topological polar surface area (TPSA) is 35.6 Å². The lowest BCUT2D eigenvalue weighted by atomic mass is 9.82. The van der Waals surface area contributed by atoms with Crippen molar-refractivity contribution in [3.63, 3.8) is 0 Å². The van der Waals surface area contributed by atoms with Crippen LogP contribution in [0.4, 0.5) is 0 Å². The van der Waals surface area contributed by atoms with E-state index >= 15 is 0 Å². The van der Waals surface area contributed by atoms with Gasteiger partial charge in [-0.1, -0.05) is 107 Å². The van der Waals surface area contributed by atoms with Gasteiger partial charge in [-0.05, 0) is 87.0 Å². The van der Waals surface area contributed by atoms with Gasteiger partial charge in [0.1, 0.15) is 11.0 Å². The predicted octanol–water partition coefficient (Wildman–Crippen LogP) is 11.3. The summed E-state index contributed by atoms with van der Waals surface area (Å²) in [6.45, 7) is 9.40. The van der Waals surface area contributed by atoms with Crippen LogP contribution in [0.15, 0.2) is 134 Å². The molecule has 11 rings (SSSR count). The maximum atomic E-state index is 5.19. The van der Waals surface area contributed by atoms with Crippen molar-refractivity contribution in [2.75, 3.05) is 0 Å². The smallest absolute Gasteiger partial charge is 0.117 e. The lowest BCUT2D eigenvalue weighted by Crippen LogP contribution is -2.15. The number of para-hydroxylation sites is 1. The number of nitrogens with zero attached hydrogens (tertiary/aromatic N) is 4. The number of aromatic nitrogens is 4. The highest BCUT2D eigenvalue weighted by atomic mass is 15.1. The fourth-order valence-corrected chi connectivity index (χ4v) is 9.40. The molecule has 50 heavy (non-hydrogen) atoms. The molecular formula is C46H34N4. The summed E-state index contributed by atoms with van der Waals surface area (Å²) in [6, 6.07) is 44.7. The van der Waals surface area contributed by atoms with Crippen molar-refractivity contribution in [2.24, 2.45) is 0 Å². The van der Waals surface area contributed by atoms with Gasteiger partial charge in [-0.2, -0.15) is 0 Å². The predicted molar refractivity (Wildman–Crippen MR) is 206 cm³/mol. The van der Waals surface area contributed by atoms with E-state index in [0.717, 1.165) is 44.3 Å². The molecule has 0 amide bonds. The van der Waals surface area contributed by atoms with Crippen molar-refractivity contribution in [1.29, 1.82) is 0 Å². The average Bonchev–Trinajstić information content (AvgIpc) is 3.81. The van der Waals surface area contributed by atoms with E-state index in [1.807, 2.05) is 12.3 Å². The van der Waals surface area contributed by atoms with Gasteiger partial charge in [0.25, 0.3) is 0 Å². The summed E-state index contributed by atoms with van der Waals surface area (Å²) >= 11 is 0. The molecule has 5 aromatic carbocycles. The Labute approximate surface area is 290 Å². The number of hydrogen-bond acceptors (Lipinski definition) is 2. The van der Waals surface area contributed by atoms with Crippen LogP contribution >= 0.6 is 0 Å². The molecule has 2 aliphatic rings. The molecule has 0 aliphatic heterocycles. The summed E-state index contributed by atoms with van der Waals surface area (Å²) in [6.07, 6.45) is 3.95. The van der Waals surface area contributed by atoms with E-state index in [0.29, 0.717) is 0 Å². The highest BCUT2D eigenvalue weighted by Crippen LogP contribution is 2.51. The van der Waals surface area contributed by atoms with Crippen LogP contribution in [0.25, 0.3) is 77.5 Å². The van der Waals surface area contributed by atoms with Crippen LogP contribution in [0.5, 0.6) is 0 Å². The number of hydrogen-bond donors (Lipinski definition) is 0. The maximum absolute atomic E-state index is 5.19. The van der Waals surface area contributed by atoms with E-state index in [9.17, 15) is 0 Å². The van der Waals surface area contributed by atoms with Crippen LogP contribution in [0, 0.1) is 0 Å². The van der Waals surface area contributed by atoms with Gasteiger partial charge in [-0.25, -0.2) is 0 Å². The lowest BCUT2D eigenvalue weighted by molar-refractivity contribution is 0.659. The fraction of sp³-hybridized carbons (Fsp3) is 0.130. The molecule has 4 heteroatoms. The van der Waals surface area contributed by atoms with Gasteiger partial charge in [0.2, 0.25) is 0 Å². The number of benzene rings is 5. The molecule has 0 unspecified atom stereocenters. The monoisotopic (exact) mass is 642 g/mol. The van der Waals surface area contributed by atoms with Gasteiger partial charge in [0.05, 0.1) is 22.1 Å². The minimum absolute atomic E-state index is 0.106. The molecule has 0 fully saturated rings. The summed E-state index contributed by atoms with van der Waals surface area (Å²) < 4.78 is 4.88. The summed E-state index contributed by atoms with van der Waals surface area (Å²) in [5.74, 6) is 0. The molecule has 4 aromatic heterocycles. The summed E-state index contributed by atoms with van der Waals surface area (Å²) in [5, 5.41) is 2.32. The minimum Gasteiger partial charge on any atom is -0.307 e. The molecule has 2 aliphatic carbocycles. The van der Waals surface area contributed by atoms with Crippen LogP contribution in [0.3, 0.4) is 0 Å². The first-order valence-electron chi connectivity index (χ1n) is 17.5. The second kappa shape index (κ2) is 9.36. The van der Waals surface area contributed by atoms with Gasteiger partial charge in [-0.15, -0.1) is 0 Å². The molecule has 0 N–H and O–H groups in total. The standard InChI is InChI=1S/C46H34N4/c1-45(2)35-15-8-5-12-29(35)31-21-19-27(24-37(31)45)49-39-17-10-7-14-33(39)34-26-48-42-41-40(18-11-23-47-41)50(44(42)43(34)49)28-20-22-32-30-13-6-9-16-36(30)46(3,4)38(32)25-28/h5-26H,1-4H3. The summed E-state index contributed by atoms with van der Waals surface area (Å²) in [5.41, 5.74) is 19.1. The van der Waals surface area contributed by atoms with Gasteiger partial charge in [0.15, 0.2) is 0 Å². The van der Waals surface area contributed by atoms with Crippen molar-refractivity contribution >= 4 is 43.9 Å². The molecule has 4 heterocycles. The molecule has 0 saturated carbocycles. The molecule has 0 radical (unpaired) electrons. The number of rotatable bonds is 2. The summed E-state index contributed by atoms with van der Waals surface area (Å²) in [7, 11) is 0. The van der Waals surface area contributed by atoms with E-state index in [4.69, 9.17) is 9.97 Å². The second-order valence-electron chi connectivity index (χ2n) is 15.1. The maximum Gasteiger partial charge on any atom is 0.117 e. The number of fused-ring (bicyclic) bond motifs is 13. The Morgan fingerprint density at radius 3 is 1.64 bits per heavy atom. The molecular weight excluding hydrogens is 609 g/mol. The van der Waals surface area contributed by atoms with Crippen LogP contribution in [0.2, 0.25) is 0 Å². The molecule has 4 nitrogen and oxygen atoms in total. The quantitative estimate of drug-likeness (QED) is 0.188. The Hall–Kier alpha value is -6.00. The Kier molecular flexibility index (Phi) is 5.23. The highest BCUT2D eigenvalue weighted by Gasteiger charge is 2.37. The molecule has 0 atom stereocenters. The molecule has 0 bridgehead atoms. The third-order valence-electron chi connectivity index (χ3n) is 11.8. The Balaban J connectivity index is 1.26. The van der Waals surface area contributed by atoms with Crippen LogP contribution < -0.4 is 0 Å². The fourth-order valence-electron chi connectivity index (χ4n) is 9.40. The van der Waals surface area contributed by atoms with Crippen LogP contribution in [0.1, 0.15) is 49.9 Å². The first-order valence-corrected chi connectivity index (χ1v) is 17.5. The number of pyridine rings is 2. The van der Waals surface area contributed by atoms with Gasteiger partial charge in [-0.3, -0.25) is 9.97 Å². The Morgan fingerprint density at radius 2 is 0.980 bits per heavy atom. The van der Waals surface area contributed by atoms with Crippen molar-refractivity contribution in [3.8, 4) is 33.6 Å². The van der Waals surface area contributed by atoms with E-state index in [2.05, 4.69) is 158 Å². The summed E-state index contributed by atoms with van der Waals surface area (Å²) in [4.78, 5) is 10.1. The Bertz CT molecular complexity index is 2730. The van der Waals surface area contributed by atoms with Crippen molar-refractivity contribution < 1.29 is 0 Å². The van der Waals surface area contributed by atoms with Crippen molar-refractivity contribution in [2.45, 2.75) is 38.5 Å². The lowest BCUT2D eigenvalue weighted by Gasteiger charge is -2.23. The van der Waals surface area contributed by atoms with Crippen LogP contribution in [-0.4, -0.2) is 19.1 Å². The molecule has 9 aromatic rings. The van der Waals surface area contributed by atoms with E-state index < -0.39 is 0 Å². The second-order valence-corrected chi connectivity index (χ2v) is 15.1. The zero-order valence-electron chi connectivity index (χ0n) is 28.5. The molecule has 0 spiro atoms. The van der Waals surface area contributed by atoms with Gasteiger partial charge < -0.3 is 9.13 Å².